The van der Waals surface area contributed by atoms with Crippen LogP contribution in [0.2, 0.25) is 0 Å². The van der Waals surface area contributed by atoms with E-state index in [1.54, 1.807) is 24.0 Å². The molecule has 2 N–H and O–H groups in total. The lowest BCUT2D eigenvalue weighted by Gasteiger charge is -2.38. The molecule has 2 aromatic carbocycles. The molecule has 8 nitrogen and oxygen atoms in total. The number of anilines is 1. The van der Waals surface area contributed by atoms with Crippen molar-refractivity contribution in [1.82, 2.24) is 9.80 Å². The number of carbonyl (C=O) groups excluding carboxylic acids is 1. The van der Waals surface area contributed by atoms with E-state index in [9.17, 15) is 18.3 Å². The van der Waals surface area contributed by atoms with Gasteiger partial charge in [0.2, 0.25) is 10.0 Å². The third kappa shape index (κ3) is 6.69. The number of nitrogens with one attached hydrogen (secondary N) is 1. The summed E-state index contributed by atoms with van der Waals surface area (Å²) in [6, 6.07) is 14.5. The molecule has 33 heavy (non-hydrogen) atoms. The van der Waals surface area contributed by atoms with Crippen molar-refractivity contribution in [2.24, 2.45) is 5.92 Å². The fourth-order valence-corrected chi connectivity index (χ4v) is 4.54. The van der Waals surface area contributed by atoms with Crippen LogP contribution in [0.15, 0.2) is 48.5 Å². The summed E-state index contributed by atoms with van der Waals surface area (Å²) in [5.41, 5.74) is 1.75. The van der Waals surface area contributed by atoms with Gasteiger partial charge < -0.3 is 14.7 Å². The van der Waals surface area contributed by atoms with Crippen LogP contribution >= 0.6 is 0 Å². The molecule has 1 heterocycles. The van der Waals surface area contributed by atoms with E-state index in [1.165, 1.54) is 11.6 Å². The number of aliphatic hydroxyl groups excluding tert-OH is 1. The second-order valence-corrected chi connectivity index (χ2v) is 10.6. The number of ether oxygens (including phenoxy) is 1. The third-order valence-corrected chi connectivity index (χ3v) is 6.36. The Morgan fingerprint density at radius 3 is 2.58 bits per heavy atom. The first kappa shape index (κ1) is 25.0. The Labute approximate surface area is 196 Å². The van der Waals surface area contributed by atoms with Crippen LogP contribution in [0.5, 0.6) is 5.75 Å². The maximum atomic E-state index is 13.4. The smallest absolute Gasteiger partial charge is 0.258 e. The van der Waals surface area contributed by atoms with Crippen LogP contribution in [0.1, 0.15) is 29.8 Å². The number of hydrogen-bond donors (Lipinski definition) is 2. The van der Waals surface area contributed by atoms with Crippen molar-refractivity contribution < 1.29 is 23.1 Å². The Morgan fingerprint density at radius 1 is 1.24 bits per heavy atom. The predicted molar refractivity (Wildman–Crippen MR) is 129 cm³/mol. The van der Waals surface area contributed by atoms with Crippen LogP contribution in [-0.4, -0.2) is 74.4 Å². The average molecular weight is 476 g/mol. The maximum Gasteiger partial charge on any atom is 0.258 e. The quantitative estimate of drug-likeness (QED) is 0.608. The van der Waals surface area contributed by atoms with E-state index in [4.69, 9.17) is 4.74 Å². The number of fused-ring (bicyclic) bond motifs is 1. The van der Waals surface area contributed by atoms with Crippen LogP contribution in [0, 0.1) is 5.92 Å². The Balaban J connectivity index is 1.91. The molecule has 0 saturated carbocycles. The van der Waals surface area contributed by atoms with Crippen molar-refractivity contribution in [3.8, 4) is 5.75 Å². The molecular formula is C24H33N3O5S. The van der Waals surface area contributed by atoms with Gasteiger partial charge in [-0.2, -0.15) is 0 Å². The number of carbonyl (C=O) groups is 1. The summed E-state index contributed by atoms with van der Waals surface area (Å²) in [7, 11) is -1.47. The van der Waals surface area contributed by atoms with Crippen molar-refractivity contribution in [3.63, 3.8) is 0 Å². The summed E-state index contributed by atoms with van der Waals surface area (Å²) in [5, 5.41) is 9.76. The van der Waals surface area contributed by atoms with Gasteiger partial charge in [-0.3, -0.25) is 14.4 Å². The molecule has 0 spiro atoms. The lowest BCUT2D eigenvalue weighted by molar-refractivity contribution is 0.0341. The molecule has 0 bridgehead atoms. The zero-order valence-corrected chi connectivity index (χ0v) is 20.4. The number of aliphatic hydroxyl groups is 1. The van der Waals surface area contributed by atoms with E-state index in [1.807, 2.05) is 32.2 Å². The fraction of sp³-hybridized carbons (Fsp3) is 0.458. The van der Waals surface area contributed by atoms with Crippen LogP contribution in [0.3, 0.4) is 0 Å². The van der Waals surface area contributed by atoms with Crippen LogP contribution in [0.4, 0.5) is 5.69 Å². The number of benzene rings is 2. The lowest BCUT2D eigenvalue weighted by atomic mass is 9.99. The zero-order valence-electron chi connectivity index (χ0n) is 19.6. The standard InChI is InChI=1S/C24H33N3O5S/c1-17-13-27(18(2)16-28)24(29)21-12-20(25-33(4,30)31)10-11-22(21)32-23(17)15-26(3)14-19-8-6-5-7-9-19/h5-12,17-18,23,25,28H,13-16H2,1-4H3/t17-,18+,23-/m0/s1. The molecule has 3 atom stereocenters. The molecule has 180 valence electrons. The largest absolute Gasteiger partial charge is 0.488 e. The molecule has 0 saturated heterocycles. The Bertz CT molecular complexity index is 1060. The molecule has 9 heteroatoms. The van der Waals surface area contributed by atoms with Crippen molar-refractivity contribution in [3.05, 3.63) is 59.7 Å². The minimum absolute atomic E-state index is 0.00291. The molecule has 1 aliphatic rings. The van der Waals surface area contributed by atoms with Crippen LogP contribution in [-0.2, 0) is 16.6 Å². The summed E-state index contributed by atoms with van der Waals surface area (Å²) in [5.74, 6) is 0.105. The maximum absolute atomic E-state index is 13.4. The van der Waals surface area contributed by atoms with Gasteiger partial charge in [0.15, 0.2) is 0 Å². The molecule has 0 fully saturated rings. The van der Waals surface area contributed by atoms with Crippen molar-refractivity contribution in [1.29, 1.82) is 0 Å². The molecule has 0 radical (unpaired) electrons. The first-order valence-electron chi connectivity index (χ1n) is 11.0. The SMILES string of the molecule is C[C@H](CO)N1C[C@H](C)[C@H](CN(C)Cc2ccccc2)Oc2ccc(NS(C)(=O)=O)cc2C1=O. The monoisotopic (exact) mass is 475 g/mol. The first-order chi connectivity index (χ1) is 15.6. The van der Waals surface area contributed by atoms with Gasteiger partial charge in [0.1, 0.15) is 11.9 Å². The highest BCUT2D eigenvalue weighted by Gasteiger charge is 2.33. The molecule has 1 aliphatic heterocycles. The first-order valence-corrected chi connectivity index (χ1v) is 12.9. The summed E-state index contributed by atoms with van der Waals surface area (Å²) < 4.78 is 32.1. The minimum Gasteiger partial charge on any atom is -0.488 e. The van der Waals surface area contributed by atoms with E-state index in [0.717, 1.165) is 12.8 Å². The normalized spacial score (nSPS) is 19.9. The van der Waals surface area contributed by atoms with E-state index < -0.39 is 10.0 Å². The van der Waals surface area contributed by atoms with Gasteiger partial charge in [-0.25, -0.2) is 8.42 Å². The van der Waals surface area contributed by atoms with Gasteiger partial charge in [-0.05, 0) is 37.7 Å². The summed E-state index contributed by atoms with van der Waals surface area (Å²) >= 11 is 0. The minimum atomic E-state index is -3.50. The van der Waals surface area contributed by atoms with E-state index in [0.29, 0.717) is 18.8 Å². The Kier molecular flexibility index (Phi) is 7.99. The lowest BCUT2D eigenvalue weighted by Crippen LogP contribution is -2.49. The van der Waals surface area contributed by atoms with Gasteiger partial charge in [0.25, 0.3) is 5.91 Å². The van der Waals surface area contributed by atoms with Crippen LogP contribution < -0.4 is 9.46 Å². The van der Waals surface area contributed by atoms with E-state index >= 15 is 0 Å². The fourth-order valence-electron chi connectivity index (χ4n) is 3.98. The topological polar surface area (TPSA) is 99.2 Å². The summed E-state index contributed by atoms with van der Waals surface area (Å²) in [4.78, 5) is 17.2. The van der Waals surface area contributed by atoms with Crippen molar-refractivity contribution in [2.75, 3.05) is 37.7 Å². The molecule has 2 aromatic rings. The number of likely N-dealkylation sites (N-methyl/N-ethyl adjacent to an activating group) is 1. The van der Waals surface area contributed by atoms with Crippen molar-refractivity contribution >= 4 is 21.6 Å². The average Bonchev–Trinajstić information content (AvgIpc) is 2.75. The van der Waals surface area contributed by atoms with Crippen molar-refractivity contribution in [2.45, 2.75) is 32.5 Å². The highest BCUT2D eigenvalue weighted by molar-refractivity contribution is 7.92. The Morgan fingerprint density at radius 2 is 1.94 bits per heavy atom. The molecular weight excluding hydrogens is 442 g/mol. The van der Waals surface area contributed by atoms with Gasteiger partial charge in [0, 0.05) is 31.2 Å². The summed E-state index contributed by atoms with van der Waals surface area (Å²) in [6.07, 6.45) is 0.843. The number of hydrogen-bond acceptors (Lipinski definition) is 6. The van der Waals surface area contributed by atoms with Gasteiger partial charge in [0.05, 0.1) is 24.5 Å². The number of rotatable bonds is 8. The molecule has 0 unspecified atom stereocenters. The van der Waals surface area contributed by atoms with E-state index in [2.05, 4.69) is 21.8 Å². The molecule has 3 rings (SSSR count). The second kappa shape index (κ2) is 10.5. The highest BCUT2D eigenvalue weighted by Crippen LogP contribution is 2.31. The molecule has 0 aliphatic carbocycles. The number of nitrogens with zero attached hydrogens (tertiary/aromatic N) is 2. The number of sulfonamides is 1. The number of amides is 1. The third-order valence-electron chi connectivity index (χ3n) is 5.75. The molecule has 1 amide bonds. The van der Waals surface area contributed by atoms with Gasteiger partial charge in [-0.15, -0.1) is 0 Å². The Hall–Kier alpha value is -2.62. The predicted octanol–water partition coefficient (Wildman–Crippen LogP) is 2.41. The summed E-state index contributed by atoms with van der Waals surface area (Å²) in [6.45, 7) is 5.46. The van der Waals surface area contributed by atoms with Crippen LogP contribution in [0.25, 0.3) is 0 Å². The highest BCUT2D eigenvalue weighted by atomic mass is 32.2. The van der Waals surface area contributed by atoms with E-state index in [-0.39, 0.29) is 41.8 Å². The van der Waals surface area contributed by atoms with Gasteiger partial charge in [-0.1, -0.05) is 37.3 Å². The molecule has 0 aromatic heterocycles. The van der Waals surface area contributed by atoms with Gasteiger partial charge >= 0.3 is 0 Å². The second-order valence-electron chi connectivity index (χ2n) is 8.89. The zero-order chi connectivity index (χ0) is 24.2.